The average Bonchev–Trinajstić information content (AvgIpc) is 2.95. The first-order valence-electron chi connectivity index (χ1n) is 9.32. The molecule has 1 aliphatic heterocycles. The zero-order chi connectivity index (χ0) is 23.8. The molecule has 1 heterocycles. The number of rotatable bonds is 8. The van der Waals surface area contributed by atoms with Gasteiger partial charge in [0.2, 0.25) is 0 Å². The summed E-state index contributed by atoms with van der Waals surface area (Å²) < 4.78 is 35.6. The highest BCUT2D eigenvalue weighted by Gasteiger charge is 2.46. The minimum absolute atomic E-state index is 0.134. The van der Waals surface area contributed by atoms with Crippen molar-refractivity contribution in [3.8, 4) is 11.5 Å². The van der Waals surface area contributed by atoms with E-state index in [2.05, 4.69) is 0 Å². The molecule has 0 spiro atoms. The van der Waals surface area contributed by atoms with Crippen molar-refractivity contribution in [3.05, 3.63) is 60.7 Å². The van der Waals surface area contributed by atoms with E-state index in [9.17, 15) is 28.1 Å². The van der Waals surface area contributed by atoms with Crippen LogP contribution in [0.15, 0.2) is 30.3 Å². The summed E-state index contributed by atoms with van der Waals surface area (Å²) in [5.41, 5.74) is -0.676. The number of carbonyl (C=O) groups excluding carboxylic acids is 2. The molecule has 0 bridgehead atoms. The van der Waals surface area contributed by atoms with E-state index >= 15 is 0 Å². The van der Waals surface area contributed by atoms with Crippen LogP contribution in [0.3, 0.4) is 0 Å². The van der Waals surface area contributed by atoms with Gasteiger partial charge in [-0.15, -0.1) is 0 Å². The Hall–Kier alpha value is -2.74. The van der Waals surface area contributed by atoms with Crippen LogP contribution in [0.4, 0.5) is 5.69 Å². The minimum Gasteiger partial charge on any atom is -0.493 e. The minimum atomic E-state index is -3.67. The number of ether oxygens (including phenoxy) is 2. The summed E-state index contributed by atoms with van der Waals surface area (Å²) >= 11 is 1.82. The van der Waals surface area contributed by atoms with Crippen molar-refractivity contribution in [2.24, 2.45) is 0 Å². The van der Waals surface area contributed by atoms with E-state index in [4.69, 9.17) is 9.47 Å². The van der Waals surface area contributed by atoms with Gasteiger partial charge < -0.3 is 9.47 Å². The normalized spacial score (nSPS) is 14.3. The molecule has 0 radical (unpaired) electrons. The van der Waals surface area contributed by atoms with Gasteiger partial charge >= 0.3 is 0 Å². The molecular weight excluding hydrogens is 555 g/mol. The average molecular weight is 574 g/mol. The number of nitrogens with zero attached hydrogens (tertiary/aromatic N) is 2. The number of halogens is 1. The molecule has 12 heteroatoms. The Morgan fingerprint density at radius 1 is 1.16 bits per heavy atom. The summed E-state index contributed by atoms with van der Waals surface area (Å²) in [5, 5.41) is 11.5. The van der Waals surface area contributed by atoms with E-state index in [0.29, 0.717) is 27.2 Å². The molecule has 0 aliphatic carbocycles. The summed E-state index contributed by atoms with van der Waals surface area (Å²) in [6.45, 7) is 2.05. The molecule has 0 saturated heterocycles. The highest BCUT2D eigenvalue weighted by atomic mass is 127. The van der Waals surface area contributed by atoms with Crippen LogP contribution in [-0.2, 0) is 9.84 Å². The van der Waals surface area contributed by atoms with Gasteiger partial charge in [0.15, 0.2) is 11.5 Å². The summed E-state index contributed by atoms with van der Waals surface area (Å²) in [7, 11) is -2.23. The highest BCUT2D eigenvalue weighted by Crippen LogP contribution is 2.39. The van der Waals surface area contributed by atoms with Gasteiger partial charge in [0.05, 0.1) is 36.0 Å². The van der Waals surface area contributed by atoms with Gasteiger partial charge in [-0.2, -0.15) is 0 Å². The molecule has 32 heavy (non-hydrogen) atoms. The van der Waals surface area contributed by atoms with Crippen LogP contribution in [0.2, 0.25) is 0 Å². The lowest BCUT2D eigenvalue weighted by atomic mass is 10.1. The largest absolute Gasteiger partial charge is 0.493 e. The highest BCUT2D eigenvalue weighted by molar-refractivity contribution is 14.1. The number of sulfone groups is 1. The molecule has 10 nitrogen and oxygen atoms in total. The Bertz CT molecular complexity index is 1230. The summed E-state index contributed by atoms with van der Waals surface area (Å²) in [6.07, 6.45) is 0.983. The van der Waals surface area contributed by atoms with Gasteiger partial charge in [0.25, 0.3) is 17.5 Å². The van der Waals surface area contributed by atoms with Crippen molar-refractivity contribution in [2.45, 2.75) is 13.0 Å². The zero-order valence-corrected chi connectivity index (χ0v) is 20.3. The third-order valence-electron chi connectivity index (χ3n) is 4.81. The first-order valence-corrected chi connectivity index (χ1v) is 12.5. The topological polar surface area (TPSA) is 133 Å². The van der Waals surface area contributed by atoms with Crippen LogP contribution in [0.5, 0.6) is 11.5 Å². The van der Waals surface area contributed by atoms with Crippen molar-refractivity contribution < 1.29 is 32.4 Å². The Morgan fingerprint density at radius 2 is 1.84 bits per heavy atom. The van der Waals surface area contributed by atoms with Crippen molar-refractivity contribution in [3.63, 3.8) is 0 Å². The second-order valence-corrected chi connectivity index (χ2v) is 10.5. The Kier molecular flexibility index (Phi) is 6.74. The SMILES string of the molecule is CCOc1cc([C@@H](CS(C)(=O)=O)N2C(=O)c3cc(I)cc([N+](=O)[O-])c3C2=O)ccc1OC. The van der Waals surface area contributed by atoms with Crippen molar-refractivity contribution in [2.75, 3.05) is 25.7 Å². The van der Waals surface area contributed by atoms with Crippen LogP contribution in [0.1, 0.15) is 39.2 Å². The predicted octanol–water partition coefficient (Wildman–Crippen LogP) is 2.99. The third-order valence-corrected chi connectivity index (χ3v) is 6.35. The maximum atomic E-state index is 13.2. The summed E-state index contributed by atoms with van der Waals surface area (Å²) in [6, 6.07) is 5.91. The molecule has 2 aromatic rings. The fourth-order valence-corrected chi connectivity index (χ4v) is 5.05. The molecule has 0 fully saturated rings. The van der Waals surface area contributed by atoms with E-state index in [-0.39, 0.29) is 11.1 Å². The number of benzene rings is 2. The number of nitro benzene ring substituents is 1. The Labute approximate surface area is 197 Å². The number of methoxy groups -OCH3 is 1. The standard InChI is InChI=1S/C20H19IN2O8S/c1-4-31-17-7-11(5-6-16(17)30-2)15(10-32(3,28)29)22-19(24)13-8-12(21)9-14(23(26)27)18(13)20(22)25/h5-9,15H,4,10H2,1-3H3/t15-/m1/s1. The molecule has 1 atom stereocenters. The van der Waals surface area contributed by atoms with Gasteiger partial charge in [-0.3, -0.25) is 24.6 Å². The number of hydrogen-bond donors (Lipinski definition) is 0. The molecule has 0 saturated carbocycles. The fourth-order valence-electron chi connectivity index (χ4n) is 3.53. The third kappa shape index (κ3) is 4.55. The number of imide groups is 1. The van der Waals surface area contributed by atoms with Crippen LogP contribution < -0.4 is 9.47 Å². The van der Waals surface area contributed by atoms with Crippen LogP contribution in [0, 0.1) is 13.7 Å². The second-order valence-electron chi connectivity index (χ2n) is 7.04. The zero-order valence-electron chi connectivity index (χ0n) is 17.3. The lowest BCUT2D eigenvalue weighted by Gasteiger charge is -2.26. The van der Waals surface area contributed by atoms with Crippen LogP contribution in [0.25, 0.3) is 0 Å². The van der Waals surface area contributed by atoms with Gasteiger partial charge in [-0.05, 0) is 53.3 Å². The van der Waals surface area contributed by atoms with Crippen molar-refractivity contribution in [1.82, 2.24) is 4.90 Å². The second kappa shape index (κ2) is 9.02. The molecule has 0 unspecified atom stereocenters. The molecule has 0 aromatic heterocycles. The number of amides is 2. The van der Waals surface area contributed by atoms with E-state index in [0.717, 1.165) is 11.2 Å². The Morgan fingerprint density at radius 3 is 2.41 bits per heavy atom. The monoisotopic (exact) mass is 574 g/mol. The summed E-state index contributed by atoms with van der Waals surface area (Å²) in [5.74, 6) is -1.59. The first-order chi connectivity index (χ1) is 15.0. The smallest absolute Gasteiger partial charge is 0.284 e. The van der Waals surface area contributed by atoms with Gasteiger partial charge in [0.1, 0.15) is 15.4 Å². The number of hydrogen-bond acceptors (Lipinski definition) is 8. The van der Waals surface area contributed by atoms with Crippen LogP contribution >= 0.6 is 22.6 Å². The summed E-state index contributed by atoms with van der Waals surface area (Å²) in [4.78, 5) is 38.0. The number of nitro groups is 1. The molecule has 2 aromatic carbocycles. The van der Waals surface area contributed by atoms with E-state index < -0.39 is 44.1 Å². The lowest BCUT2D eigenvalue weighted by molar-refractivity contribution is -0.385. The molecule has 170 valence electrons. The molecule has 3 rings (SSSR count). The quantitative estimate of drug-likeness (QED) is 0.204. The number of carbonyl (C=O) groups is 2. The number of fused-ring (bicyclic) bond motifs is 1. The van der Waals surface area contributed by atoms with Crippen molar-refractivity contribution in [1.29, 1.82) is 0 Å². The maximum absolute atomic E-state index is 13.2. The van der Waals surface area contributed by atoms with E-state index in [1.807, 2.05) is 22.6 Å². The molecule has 1 aliphatic rings. The predicted molar refractivity (Wildman–Crippen MR) is 123 cm³/mol. The van der Waals surface area contributed by atoms with Gasteiger partial charge in [-0.1, -0.05) is 6.07 Å². The van der Waals surface area contributed by atoms with Gasteiger partial charge in [-0.25, -0.2) is 8.42 Å². The Balaban J connectivity index is 2.18. The first kappa shape index (κ1) is 23.9. The van der Waals surface area contributed by atoms with Crippen LogP contribution in [-0.4, -0.2) is 55.8 Å². The molecule has 2 amide bonds. The van der Waals surface area contributed by atoms with Gasteiger partial charge in [0, 0.05) is 15.9 Å². The maximum Gasteiger partial charge on any atom is 0.284 e. The van der Waals surface area contributed by atoms with E-state index in [1.165, 1.54) is 31.4 Å². The lowest BCUT2D eigenvalue weighted by Crippen LogP contribution is -2.37. The van der Waals surface area contributed by atoms with Crippen molar-refractivity contribution >= 4 is 49.9 Å². The molecular formula is C20H19IN2O8S. The van der Waals surface area contributed by atoms with E-state index in [1.54, 1.807) is 13.0 Å². The fraction of sp³-hybridized carbons (Fsp3) is 0.300. The molecule has 0 N–H and O–H groups in total.